The number of hydrogen-bond acceptors (Lipinski definition) is 6. The first-order valence-electron chi connectivity index (χ1n) is 11.4. The molecule has 3 N–H and O–H groups in total. The lowest BCUT2D eigenvalue weighted by molar-refractivity contribution is -0.146. The molecule has 0 radical (unpaired) electrons. The van der Waals surface area contributed by atoms with E-state index in [1.54, 1.807) is 13.8 Å². The van der Waals surface area contributed by atoms with Crippen molar-refractivity contribution in [2.75, 3.05) is 33.4 Å². The Morgan fingerprint density at radius 2 is 1.63 bits per heavy atom. The fourth-order valence-corrected chi connectivity index (χ4v) is 4.33. The van der Waals surface area contributed by atoms with Gasteiger partial charge in [-0.25, -0.2) is 4.79 Å². The maximum atomic E-state index is 13.1. The van der Waals surface area contributed by atoms with Crippen molar-refractivity contribution in [2.45, 2.75) is 37.8 Å². The molecule has 2 aromatic carbocycles. The van der Waals surface area contributed by atoms with Gasteiger partial charge in [0.2, 0.25) is 5.91 Å². The number of carbonyl (C=O) groups excluding carboxylic acids is 2. The smallest absolute Gasteiger partial charge is 0.407 e. The molecule has 3 rings (SSSR count). The number of carboxylic acid groups (broad SMARTS) is 1. The zero-order valence-corrected chi connectivity index (χ0v) is 20.2. The Kier molecular flexibility index (Phi) is 8.48. The molecular formula is C26H32N2O7. The number of amides is 2. The minimum atomic E-state index is -1.22. The van der Waals surface area contributed by atoms with Crippen LogP contribution in [0.25, 0.3) is 11.1 Å². The van der Waals surface area contributed by atoms with Crippen molar-refractivity contribution in [2.24, 2.45) is 0 Å². The zero-order valence-electron chi connectivity index (χ0n) is 20.2. The number of methoxy groups -OCH3 is 1. The molecule has 1 aliphatic rings. The highest BCUT2D eigenvalue weighted by molar-refractivity contribution is 5.88. The second kappa shape index (κ2) is 11.3. The molecule has 0 fully saturated rings. The van der Waals surface area contributed by atoms with Crippen molar-refractivity contribution in [1.82, 2.24) is 10.2 Å². The number of fused-ring (bicyclic) bond motifs is 3. The van der Waals surface area contributed by atoms with Crippen molar-refractivity contribution >= 4 is 18.0 Å². The maximum Gasteiger partial charge on any atom is 0.407 e. The monoisotopic (exact) mass is 484 g/mol. The first-order chi connectivity index (χ1) is 16.7. The van der Waals surface area contributed by atoms with Crippen molar-refractivity contribution < 1.29 is 34.1 Å². The molecule has 1 aliphatic carbocycles. The summed E-state index contributed by atoms with van der Waals surface area (Å²) in [5.74, 6) is -2.01. The van der Waals surface area contributed by atoms with Crippen molar-refractivity contribution in [3.8, 4) is 11.1 Å². The number of alkyl carbamates (subject to hydrolysis) is 1. The van der Waals surface area contributed by atoms with E-state index >= 15 is 0 Å². The third-order valence-corrected chi connectivity index (χ3v) is 6.19. The molecule has 0 saturated carbocycles. The second-order valence-electron chi connectivity index (χ2n) is 9.07. The summed E-state index contributed by atoms with van der Waals surface area (Å²) in [5, 5.41) is 21.0. The Morgan fingerprint density at radius 3 is 2.14 bits per heavy atom. The first kappa shape index (κ1) is 26.2. The molecule has 0 spiro atoms. The van der Waals surface area contributed by atoms with E-state index in [2.05, 4.69) is 5.32 Å². The summed E-state index contributed by atoms with van der Waals surface area (Å²) in [5.41, 5.74) is 3.53. The third kappa shape index (κ3) is 6.37. The van der Waals surface area contributed by atoms with Gasteiger partial charge in [-0.2, -0.15) is 0 Å². The molecule has 0 heterocycles. The molecule has 188 valence electrons. The SMILES string of the molecule is COC(C)(C)CC(NC(=O)OCC1c2ccccc2-c2ccccc21)C(=O)N(CCO)CC(=O)O. The van der Waals surface area contributed by atoms with E-state index in [0.29, 0.717) is 0 Å². The van der Waals surface area contributed by atoms with E-state index < -0.39 is 42.8 Å². The van der Waals surface area contributed by atoms with Crippen molar-refractivity contribution in [3.05, 3.63) is 59.7 Å². The van der Waals surface area contributed by atoms with Gasteiger partial charge >= 0.3 is 12.1 Å². The minimum Gasteiger partial charge on any atom is -0.480 e. The number of nitrogens with one attached hydrogen (secondary N) is 1. The van der Waals surface area contributed by atoms with Gasteiger partial charge in [0.1, 0.15) is 19.2 Å². The lowest BCUT2D eigenvalue weighted by atomic mass is 9.97. The predicted molar refractivity (Wildman–Crippen MR) is 129 cm³/mol. The number of carboxylic acids is 1. The standard InChI is InChI=1S/C26H32N2O7/c1-26(2,34-3)14-22(24(32)28(12-13-29)15-23(30)31)27-25(33)35-16-21-19-10-6-4-8-17(19)18-9-5-7-11-20(18)21/h4-11,21-22,29H,12-16H2,1-3H3,(H,27,33)(H,30,31). The Bertz CT molecular complexity index is 1020. The first-order valence-corrected chi connectivity index (χ1v) is 11.4. The predicted octanol–water partition coefficient (Wildman–Crippen LogP) is 2.61. The van der Waals surface area contributed by atoms with Crippen LogP contribution in [0.1, 0.15) is 37.3 Å². The number of nitrogens with zero attached hydrogens (tertiary/aromatic N) is 1. The normalized spacial score (nSPS) is 13.5. The summed E-state index contributed by atoms with van der Waals surface area (Å²) in [6.07, 6.45) is -0.718. The second-order valence-corrected chi connectivity index (χ2v) is 9.07. The largest absolute Gasteiger partial charge is 0.480 e. The molecule has 35 heavy (non-hydrogen) atoms. The number of aliphatic carboxylic acids is 1. The van der Waals surface area contributed by atoms with Gasteiger partial charge in [0.25, 0.3) is 0 Å². The van der Waals surface area contributed by atoms with Gasteiger partial charge in [0.15, 0.2) is 0 Å². The molecule has 1 unspecified atom stereocenters. The molecule has 2 amide bonds. The lowest BCUT2D eigenvalue weighted by Gasteiger charge is -2.31. The summed E-state index contributed by atoms with van der Waals surface area (Å²) in [7, 11) is 1.48. The van der Waals surface area contributed by atoms with Crippen LogP contribution in [0.3, 0.4) is 0 Å². The van der Waals surface area contributed by atoms with E-state index in [9.17, 15) is 19.5 Å². The molecule has 9 nitrogen and oxygen atoms in total. The Hall–Kier alpha value is -3.43. The van der Waals surface area contributed by atoms with Crippen LogP contribution in [0.4, 0.5) is 4.79 Å². The van der Waals surface area contributed by atoms with Gasteiger partial charge in [-0.15, -0.1) is 0 Å². The quantitative estimate of drug-likeness (QED) is 0.448. The average Bonchev–Trinajstić information content (AvgIpc) is 3.15. The number of rotatable bonds is 11. The van der Waals surface area contributed by atoms with Crippen LogP contribution in [-0.2, 0) is 19.1 Å². The third-order valence-electron chi connectivity index (χ3n) is 6.19. The Labute approximate surface area is 204 Å². The molecule has 0 bridgehead atoms. The fraction of sp³-hybridized carbons (Fsp3) is 0.423. The summed E-state index contributed by atoms with van der Waals surface area (Å²) in [6.45, 7) is 2.38. The maximum absolute atomic E-state index is 13.1. The number of hydrogen-bond donors (Lipinski definition) is 3. The lowest BCUT2D eigenvalue weighted by Crippen LogP contribution is -2.53. The molecule has 9 heteroatoms. The van der Waals surface area contributed by atoms with Crippen LogP contribution >= 0.6 is 0 Å². The van der Waals surface area contributed by atoms with Gasteiger partial charge < -0.3 is 29.9 Å². The minimum absolute atomic E-state index is 0.0733. The average molecular weight is 485 g/mol. The van der Waals surface area contributed by atoms with Crippen LogP contribution in [0.5, 0.6) is 0 Å². The van der Waals surface area contributed by atoms with Gasteiger partial charge in [-0.1, -0.05) is 48.5 Å². The van der Waals surface area contributed by atoms with E-state index in [4.69, 9.17) is 14.6 Å². The van der Waals surface area contributed by atoms with Crippen LogP contribution in [0.2, 0.25) is 0 Å². The van der Waals surface area contributed by atoms with Crippen LogP contribution in [0.15, 0.2) is 48.5 Å². The summed E-state index contributed by atoms with van der Waals surface area (Å²) in [6, 6.07) is 14.8. The summed E-state index contributed by atoms with van der Waals surface area (Å²) in [4.78, 5) is 38.1. The van der Waals surface area contributed by atoms with Crippen LogP contribution in [-0.4, -0.2) is 78.1 Å². The van der Waals surface area contributed by atoms with Gasteiger partial charge in [-0.3, -0.25) is 9.59 Å². The number of aliphatic hydroxyl groups excluding tert-OH is 1. The van der Waals surface area contributed by atoms with Crippen LogP contribution in [0, 0.1) is 0 Å². The number of benzene rings is 2. The summed E-state index contributed by atoms with van der Waals surface area (Å²) >= 11 is 0. The van der Waals surface area contributed by atoms with Crippen molar-refractivity contribution in [1.29, 1.82) is 0 Å². The Balaban J connectivity index is 1.74. The number of ether oxygens (including phenoxy) is 2. The highest BCUT2D eigenvalue weighted by Crippen LogP contribution is 2.44. The summed E-state index contributed by atoms with van der Waals surface area (Å²) < 4.78 is 11.0. The molecular weight excluding hydrogens is 452 g/mol. The van der Waals surface area contributed by atoms with Gasteiger partial charge in [0, 0.05) is 26.0 Å². The van der Waals surface area contributed by atoms with E-state index in [1.807, 2.05) is 48.5 Å². The Morgan fingerprint density at radius 1 is 1.06 bits per heavy atom. The molecule has 0 aliphatic heterocycles. The highest BCUT2D eigenvalue weighted by atomic mass is 16.5. The van der Waals surface area contributed by atoms with Gasteiger partial charge in [0.05, 0.1) is 12.2 Å². The molecule has 0 aromatic heterocycles. The van der Waals surface area contributed by atoms with Gasteiger partial charge in [-0.05, 0) is 36.1 Å². The van der Waals surface area contributed by atoms with E-state index in [-0.39, 0.29) is 25.5 Å². The highest BCUT2D eigenvalue weighted by Gasteiger charge is 2.34. The van der Waals surface area contributed by atoms with E-state index in [1.165, 1.54) is 7.11 Å². The zero-order chi connectivity index (χ0) is 25.6. The fourth-order valence-electron chi connectivity index (χ4n) is 4.33. The topological polar surface area (TPSA) is 125 Å². The molecule has 0 saturated heterocycles. The van der Waals surface area contributed by atoms with Crippen molar-refractivity contribution in [3.63, 3.8) is 0 Å². The molecule has 1 atom stereocenters. The molecule has 2 aromatic rings. The van der Waals surface area contributed by atoms with E-state index in [0.717, 1.165) is 27.2 Å². The number of carbonyl (C=O) groups is 3. The van der Waals surface area contributed by atoms with Crippen LogP contribution < -0.4 is 5.32 Å². The number of aliphatic hydroxyl groups is 1.